The first kappa shape index (κ1) is 27.4. The second kappa shape index (κ2) is 13.8. The number of fused-ring (bicyclic) bond motifs is 1. The van der Waals surface area contributed by atoms with Crippen LogP contribution in [0.5, 0.6) is 5.75 Å². The second-order valence-electron chi connectivity index (χ2n) is 10.3. The molecule has 38 heavy (non-hydrogen) atoms. The van der Waals surface area contributed by atoms with Crippen LogP contribution in [0.25, 0.3) is 11.0 Å². The van der Waals surface area contributed by atoms with Crippen molar-refractivity contribution in [1.82, 2.24) is 14.9 Å². The van der Waals surface area contributed by atoms with Gasteiger partial charge < -0.3 is 14.6 Å². The van der Waals surface area contributed by atoms with Crippen molar-refractivity contribution in [3.05, 3.63) is 95.3 Å². The number of para-hydroxylation sites is 3. The van der Waals surface area contributed by atoms with Crippen molar-refractivity contribution < 1.29 is 9.53 Å². The molecular weight excluding hydrogens is 470 g/mol. The van der Waals surface area contributed by atoms with Crippen molar-refractivity contribution in [1.29, 1.82) is 0 Å². The number of hydrogen-bond acceptors (Lipinski definition) is 3. The number of imidazole rings is 1. The summed E-state index contributed by atoms with van der Waals surface area (Å²) in [5.41, 5.74) is 5.31. The zero-order valence-electron chi connectivity index (χ0n) is 23.1. The van der Waals surface area contributed by atoms with E-state index >= 15 is 0 Å². The molecule has 1 heterocycles. The summed E-state index contributed by atoms with van der Waals surface area (Å²) in [6, 6.07) is 24.5. The number of unbranched alkanes of at least 4 members (excludes halogenated alkanes) is 3. The van der Waals surface area contributed by atoms with Crippen molar-refractivity contribution in [2.75, 3.05) is 13.2 Å². The van der Waals surface area contributed by atoms with Crippen molar-refractivity contribution in [2.24, 2.45) is 0 Å². The molecule has 0 atom stereocenters. The summed E-state index contributed by atoms with van der Waals surface area (Å²) < 4.78 is 8.52. The molecule has 0 unspecified atom stereocenters. The maximum Gasteiger partial charge on any atom is 0.251 e. The molecule has 0 saturated heterocycles. The molecule has 0 bridgehead atoms. The smallest absolute Gasteiger partial charge is 0.251 e. The number of rotatable bonds is 14. The predicted octanol–water partition coefficient (Wildman–Crippen LogP) is 7.47. The standard InChI is InChI=1S/C33H41N3O2/c1-25(2)27-16-8-11-20-31(27)38-24-14-13-23-36-30-19-10-9-18-29(30)35-32(36)21-5-4-12-22-34-33(37)28-17-7-6-15-26(28)3/h6-11,15-20,25H,4-5,12-14,21-24H2,1-3H3,(H,34,37). The third kappa shape index (κ3) is 7.25. The lowest BCUT2D eigenvalue weighted by Gasteiger charge is -2.14. The lowest BCUT2D eigenvalue weighted by Crippen LogP contribution is -2.25. The SMILES string of the molecule is Cc1ccccc1C(=O)NCCCCCc1nc2ccccc2n1CCCCOc1ccccc1C(C)C. The quantitative estimate of drug-likeness (QED) is 0.179. The lowest BCUT2D eigenvalue weighted by atomic mass is 10.0. The van der Waals surface area contributed by atoms with Crippen LogP contribution in [0.1, 0.15) is 79.2 Å². The van der Waals surface area contributed by atoms with Crippen LogP contribution in [-0.2, 0) is 13.0 Å². The van der Waals surface area contributed by atoms with Crippen LogP contribution in [0.4, 0.5) is 0 Å². The summed E-state index contributed by atoms with van der Waals surface area (Å²) in [7, 11) is 0. The van der Waals surface area contributed by atoms with Crippen LogP contribution >= 0.6 is 0 Å². The van der Waals surface area contributed by atoms with E-state index in [0.717, 1.165) is 79.9 Å². The number of carbonyl (C=O) groups excluding carboxylic acids is 1. The topological polar surface area (TPSA) is 56.2 Å². The van der Waals surface area contributed by atoms with E-state index in [-0.39, 0.29) is 5.91 Å². The fourth-order valence-electron chi connectivity index (χ4n) is 4.92. The van der Waals surface area contributed by atoms with Crippen molar-refractivity contribution >= 4 is 16.9 Å². The van der Waals surface area contributed by atoms with E-state index in [1.165, 1.54) is 11.1 Å². The average molecular weight is 512 g/mol. The van der Waals surface area contributed by atoms with Crippen molar-refractivity contribution in [3.63, 3.8) is 0 Å². The molecule has 0 aliphatic carbocycles. The molecule has 0 fully saturated rings. The Balaban J connectivity index is 1.23. The molecule has 0 aliphatic heterocycles. The van der Waals surface area contributed by atoms with Crippen LogP contribution in [0.3, 0.4) is 0 Å². The largest absolute Gasteiger partial charge is 0.493 e. The van der Waals surface area contributed by atoms with Gasteiger partial charge in [0.1, 0.15) is 11.6 Å². The highest BCUT2D eigenvalue weighted by Gasteiger charge is 2.11. The first-order valence-corrected chi connectivity index (χ1v) is 14.0. The number of benzene rings is 3. The third-order valence-corrected chi connectivity index (χ3v) is 7.06. The molecule has 5 heteroatoms. The van der Waals surface area contributed by atoms with Gasteiger partial charge in [0.25, 0.3) is 5.91 Å². The van der Waals surface area contributed by atoms with Crippen LogP contribution in [0, 0.1) is 6.92 Å². The van der Waals surface area contributed by atoms with Gasteiger partial charge in [0, 0.05) is 25.1 Å². The summed E-state index contributed by atoms with van der Waals surface area (Å²) >= 11 is 0. The molecule has 0 spiro atoms. The fourth-order valence-corrected chi connectivity index (χ4v) is 4.92. The predicted molar refractivity (Wildman–Crippen MR) is 156 cm³/mol. The Morgan fingerprint density at radius 3 is 2.50 bits per heavy atom. The number of aryl methyl sites for hydroxylation is 3. The Kier molecular flexibility index (Phi) is 9.97. The first-order valence-electron chi connectivity index (χ1n) is 14.0. The van der Waals surface area contributed by atoms with Gasteiger partial charge in [-0.15, -0.1) is 0 Å². The van der Waals surface area contributed by atoms with E-state index in [4.69, 9.17) is 9.72 Å². The Morgan fingerprint density at radius 2 is 1.66 bits per heavy atom. The second-order valence-corrected chi connectivity index (χ2v) is 10.3. The molecule has 1 aromatic heterocycles. The van der Waals surface area contributed by atoms with Crippen molar-refractivity contribution in [2.45, 2.75) is 71.8 Å². The number of ether oxygens (including phenoxy) is 1. The molecule has 3 aromatic carbocycles. The molecule has 4 aromatic rings. The van der Waals surface area contributed by atoms with E-state index in [2.05, 4.69) is 66.2 Å². The summed E-state index contributed by atoms with van der Waals surface area (Å²) in [6.07, 6.45) is 6.06. The van der Waals surface area contributed by atoms with Crippen LogP contribution in [0.2, 0.25) is 0 Å². The monoisotopic (exact) mass is 511 g/mol. The van der Waals surface area contributed by atoms with Gasteiger partial charge in [-0.05, 0) is 73.9 Å². The molecule has 4 rings (SSSR count). The Hall–Kier alpha value is -3.60. The number of hydrogen-bond donors (Lipinski definition) is 1. The minimum atomic E-state index is 0.0153. The number of carbonyl (C=O) groups is 1. The average Bonchev–Trinajstić information content (AvgIpc) is 3.28. The van der Waals surface area contributed by atoms with Crippen LogP contribution < -0.4 is 10.1 Å². The lowest BCUT2D eigenvalue weighted by molar-refractivity contribution is 0.0952. The van der Waals surface area contributed by atoms with Gasteiger partial charge >= 0.3 is 0 Å². The zero-order chi connectivity index (χ0) is 26.7. The van der Waals surface area contributed by atoms with E-state index in [9.17, 15) is 4.79 Å². The molecular formula is C33H41N3O2. The van der Waals surface area contributed by atoms with E-state index in [0.29, 0.717) is 12.5 Å². The van der Waals surface area contributed by atoms with Gasteiger partial charge in [0.15, 0.2) is 0 Å². The molecule has 0 radical (unpaired) electrons. The number of nitrogens with one attached hydrogen (secondary N) is 1. The number of aromatic nitrogens is 2. The highest BCUT2D eigenvalue weighted by molar-refractivity contribution is 5.95. The van der Waals surface area contributed by atoms with Gasteiger partial charge in [0.05, 0.1) is 17.6 Å². The number of amides is 1. The summed E-state index contributed by atoms with van der Waals surface area (Å²) in [5.74, 6) is 2.63. The fraction of sp³-hybridized carbons (Fsp3) is 0.394. The Labute approximate surface area is 227 Å². The van der Waals surface area contributed by atoms with Gasteiger partial charge in [0.2, 0.25) is 0 Å². The molecule has 200 valence electrons. The maximum absolute atomic E-state index is 12.4. The highest BCUT2D eigenvalue weighted by atomic mass is 16.5. The third-order valence-electron chi connectivity index (χ3n) is 7.06. The highest BCUT2D eigenvalue weighted by Crippen LogP contribution is 2.26. The van der Waals surface area contributed by atoms with Gasteiger partial charge in [-0.3, -0.25) is 4.79 Å². The van der Waals surface area contributed by atoms with Crippen LogP contribution in [-0.4, -0.2) is 28.6 Å². The Morgan fingerprint density at radius 1 is 0.895 bits per heavy atom. The molecule has 5 nitrogen and oxygen atoms in total. The minimum Gasteiger partial charge on any atom is -0.493 e. The van der Waals surface area contributed by atoms with E-state index in [1.54, 1.807) is 0 Å². The maximum atomic E-state index is 12.4. The zero-order valence-corrected chi connectivity index (χ0v) is 23.1. The van der Waals surface area contributed by atoms with E-state index < -0.39 is 0 Å². The van der Waals surface area contributed by atoms with Gasteiger partial charge in [-0.2, -0.15) is 0 Å². The molecule has 1 N–H and O–H groups in total. The summed E-state index contributed by atoms with van der Waals surface area (Å²) in [5, 5.41) is 3.06. The first-order chi connectivity index (χ1) is 18.5. The molecule has 0 aliphatic rings. The molecule has 1 amide bonds. The van der Waals surface area contributed by atoms with Crippen molar-refractivity contribution in [3.8, 4) is 5.75 Å². The van der Waals surface area contributed by atoms with Crippen LogP contribution in [0.15, 0.2) is 72.8 Å². The normalized spacial score (nSPS) is 11.3. The summed E-state index contributed by atoms with van der Waals surface area (Å²) in [6.45, 7) is 8.74. The van der Waals surface area contributed by atoms with Gasteiger partial charge in [-0.1, -0.05) is 68.8 Å². The van der Waals surface area contributed by atoms with E-state index in [1.807, 2.05) is 37.3 Å². The molecule has 0 saturated carbocycles. The minimum absolute atomic E-state index is 0.0153. The van der Waals surface area contributed by atoms with Gasteiger partial charge in [-0.25, -0.2) is 4.98 Å². The number of nitrogens with zero attached hydrogens (tertiary/aromatic N) is 2. The summed E-state index contributed by atoms with van der Waals surface area (Å²) in [4.78, 5) is 17.4. The Bertz CT molecular complexity index is 1320.